The maximum Gasteiger partial charge on any atom is 0.235 e. The Bertz CT molecular complexity index is 679. The van der Waals surface area contributed by atoms with Gasteiger partial charge in [-0.3, -0.25) is 4.79 Å². The predicted molar refractivity (Wildman–Crippen MR) is 92.8 cm³/mol. The van der Waals surface area contributed by atoms with Crippen LogP contribution in [-0.2, 0) is 4.79 Å². The Hall–Kier alpha value is -1.96. The molecule has 2 heterocycles. The number of rotatable bonds is 5. The monoisotopic (exact) mass is 349 g/mol. The molecule has 0 saturated heterocycles. The van der Waals surface area contributed by atoms with E-state index in [1.807, 2.05) is 18.9 Å². The minimum absolute atomic E-state index is 0.106. The van der Waals surface area contributed by atoms with Crippen molar-refractivity contribution in [3.8, 4) is 11.6 Å². The molecule has 0 aliphatic heterocycles. The van der Waals surface area contributed by atoms with Crippen LogP contribution < -0.4 is 5.84 Å². The van der Waals surface area contributed by atoms with Gasteiger partial charge in [-0.25, -0.2) is 4.68 Å². The highest BCUT2D eigenvalue weighted by Gasteiger charge is 2.27. The summed E-state index contributed by atoms with van der Waals surface area (Å²) in [6.45, 7) is 1.88. The fraction of sp³-hybridized carbons (Fsp3) is 0.562. The van der Waals surface area contributed by atoms with Crippen LogP contribution in [0.15, 0.2) is 28.0 Å². The lowest BCUT2D eigenvalue weighted by molar-refractivity contribution is -0.131. The Labute approximate surface area is 145 Å². The van der Waals surface area contributed by atoms with Gasteiger partial charge in [-0.05, 0) is 31.9 Å². The number of furan rings is 1. The lowest BCUT2D eigenvalue weighted by Crippen LogP contribution is -2.42. The molecular formula is C16H23N5O2S. The zero-order chi connectivity index (χ0) is 17.1. The number of hydrogen-bond donors (Lipinski definition) is 1. The van der Waals surface area contributed by atoms with E-state index in [-0.39, 0.29) is 11.2 Å². The van der Waals surface area contributed by atoms with E-state index in [4.69, 9.17) is 10.3 Å². The maximum atomic E-state index is 12.7. The Morgan fingerprint density at radius 3 is 2.83 bits per heavy atom. The largest absolute Gasteiger partial charge is 0.461 e. The van der Waals surface area contributed by atoms with Crippen molar-refractivity contribution in [2.75, 3.05) is 12.9 Å². The smallest absolute Gasteiger partial charge is 0.235 e. The van der Waals surface area contributed by atoms with Crippen molar-refractivity contribution in [3.05, 3.63) is 18.4 Å². The van der Waals surface area contributed by atoms with Gasteiger partial charge in [0.1, 0.15) is 0 Å². The van der Waals surface area contributed by atoms with Crippen molar-refractivity contribution < 1.29 is 9.21 Å². The molecule has 1 aliphatic carbocycles. The zero-order valence-electron chi connectivity index (χ0n) is 14.0. The van der Waals surface area contributed by atoms with Crippen molar-refractivity contribution in [1.29, 1.82) is 0 Å². The van der Waals surface area contributed by atoms with Gasteiger partial charge in [-0.2, -0.15) is 0 Å². The minimum atomic E-state index is -0.270. The number of carbonyl (C=O) groups excluding carboxylic acids is 1. The van der Waals surface area contributed by atoms with Crippen LogP contribution in [0.3, 0.4) is 0 Å². The van der Waals surface area contributed by atoms with Crippen molar-refractivity contribution in [2.45, 2.75) is 55.5 Å². The first kappa shape index (κ1) is 16.9. The molecule has 1 saturated carbocycles. The molecule has 1 aliphatic rings. The Kier molecular flexibility index (Phi) is 5.13. The first-order chi connectivity index (χ1) is 11.6. The number of aromatic nitrogens is 3. The normalized spacial score (nSPS) is 16.9. The number of nitrogens with zero attached hydrogens (tertiary/aromatic N) is 4. The van der Waals surface area contributed by atoms with Crippen molar-refractivity contribution in [3.63, 3.8) is 0 Å². The molecule has 7 nitrogen and oxygen atoms in total. The van der Waals surface area contributed by atoms with Crippen LogP contribution in [0.2, 0.25) is 0 Å². The van der Waals surface area contributed by atoms with Crippen LogP contribution in [0, 0.1) is 0 Å². The summed E-state index contributed by atoms with van der Waals surface area (Å²) in [5.41, 5.74) is 0. The highest BCUT2D eigenvalue weighted by Crippen LogP contribution is 2.28. The lowest BCUT2D eigenvalue weighted by Gasteiger charge is -2.32. The molecule has 3 rings (SSSR count). The molecule has 0 aromatic carbocycles. The fourth-order valence-electron chi connectivity index (χ4n) is 3.07. The third-order valence-corrected chi connectivity index (χ3v) is 5.55. The van der Waals surface area contributed by atoms with Crippen LogP contribution in [0.25, 0.3) is 11.6 Å². The summed E-state index contributed by atoms with van der Waals surface area (Å²) in [7, 11) is 1.90. The standard InChI is InChI=1S/C16H23N5O2S/c1-11(15(22)20(2)12-7-4-3-5-8-12)24-16-19-18-14(21(16)17)13-9-6-10-23-13/h6,9-12H,3-5,7-8,17H2,1-2H3/t11-/m0/s1. The highest BCUT2D eigenvalue weighted by molar-refractivity contribution is 8.00. The number of carbonyl (C=O) groups is 1. The Balaban J connectivity index is 1.66. The SMILES string of the molecule is C[C@H](Sc1nnc(-c2ccco2)n1N)C(=O)N(C)C1CCCCC1. The van der Waals surface area contributed by atoms with E-state index in [0.717, 1.165) is 12.8 Å². The number of thioether (sulfide) groups is 1. The molecule has 1 amide bonds. The molecule has 2 aromatic rings. The van der Waals surface area contributed by atoms with E-state index in [9.17, 15) is 4.79 Å². The third-order valence-electron chi connectivity index (χ3n) is 4.51. The molecular weight excluding hydrogens is 326 g/mol. The summed E-state index contributed by atoms with van der Waals surface area (Å²) in [5.74, 6) is 7.15. The summed E-state index contributed by atoms with van der Waals surface area (Å²) in [6.07, 6.45) is 7.42. The van der Waals surface area contributed by atoms with Gasteiger partial charge >= 0.3 is 0 Å². The Morgan fingerprint density at radius 2 is 2.17 bits per heavy atom. The molecule has 1 atom stereocenters. The average Bonchev–Trinajstić information content (AvgIpc) is 3.25. The van der Waals surface area contributed by atoms with E-state index in [0.29, 0.717) is 22.8 Å². The van der Waals surface area contributed by atoms with Gasteiger partial charge in [0.05, 0.1) is 11.5 Å². The van der Waals surface area contributed by atoms with Crippen LogP contribution in [0.1, 0.15) is 39.0 Å². The number of nitrogens with two attached hydrogens (primary N) is 1. The second-order valence-electron chi connectivity index (χ2n) is 6.15. The van der Waals surface area contributed by atoms with Crippen molar-refractivity contribution >= 4 is 17.7 Å². The van der Waals surface area contributed by atoms with E-state index < -0.39 is 0 Å². The second kappa shape index (κ2) is 7.29. The van der Waals surface area contributed by atoms with Crippen molar-refractivity contribution in [2.24, 2.45) is 0 Å². The van der Waals surface area contributed by atoms with E-state index in [2.05, 4.69) is 10.2 Å². The van der Waals surface area contributed by atoms with Gasteiger partial charge in [0.15, 0.2) is 5.76 Å². The first-order valence-corrected chi connectivity index (χ1v) is 9.13. The summed E-state index contributed by atoms with van der Waals surface area (Å²) < 4.78 is 6.66. The number of hydrogen-bond acceptors (Lipinski definition) is 6. The summed E-state index contributed by atoms with van der Waals surface area (Å²) in [4.78, 5) is 14.6. The third kappa shape index (κ3) is 3.43. The molecule has 2 aromatic heterocycles. The van der Waals surface area contributed by atoms with Crippen LogP contribution >= 0.6 is 11.8 Å². The van der Waals surface area contributed by atoms with Gasteiger partial charge in [0, 0.05) is 13.1 Å². The van der Waals surface area contributed by atoms with Gasteiger partial charge < -0.3 is 15.2 Å². The molecule has 1 fully saturated rings. The Morgan fingerprint density at radius 1 is 1.42 bits per heavy atom. The maximum absolute atomic E-state index is 12.7. The van der Waals surface area contributed by atoms with E-state index >= 15 is 0 Å². The van der Waals surface area contributed by atoms with Crippen LogP contribution in [0.4, 0.5) is 0 Å². The summed E-state index contributed by atoms with van der Waals surface area (Å²) >= 11 is 1.32. The van der Waals surface area contributed by atoms with E-state index in [1.165, 1.54) is 35.7 Å². The molecule has 8 heteroatoms. The van der Waals surface area contributed by atoms with Gasteiger partial charge in [0.2, 0.25) is 16.9 Å². The van der Waals surface area contributed by atoms with Gasteiger partial charge in [-0.1, -0.05) is 31.0 Å². The number of nitrogen functional groups attached to an aromatic ring is 1. The summed E-state index contributed by atoms with van der Waals surface area (Å²) in [5, 5.41) is 8.37. The topological polar surface area (TPSA) is 90.2 Å². The van der Waals surface area contributed by atoms with Gasteiger partial charge in [-0.15, -0.1) is 10.2 Å². The van der Waals surface area contributed by atoms with Crippen LogP contribution in [-0.4, -0.2) is 44.0 Å². The highest BCUT2D eigenvalue weighted by atomic mass is 32.2. The van der Waals surface area contributed by atoms with Crippen LogP contribution in [0.5, 0.6) is 0 Å². The first-order valence-electron chi connectivity index (χ1n) is 8.25. The van der Waals surface area contributed by atoms with Gasteiger partial charge in [0.25, 0.3) is 0 Å². The second-order valence-corrected chi connectivity index (χ2v) is 7.46. The molecule has 0 radical (unpaired) electrons. The average molecular weight is 349 g/mol. The summed E-state index contributed by atoms with van der Waals surface area (Å²) in [6, 6.07) is 3.89. The quantitative estimate of drug-likeness (QED) is 0.659. The molecule has 130 valence electrons. The van der Waals surface area contributed by atoms with Crippen molar-refractivity contribution in [1.82, 2.24) is 19.8 Å². The lowest BCUT2D eigenvalue weighted by atomic mass is 9.94. The van der Waals surface area contributed by atoms with E-state index in [1.54, 1.807) is 18.4 Å². The molecule has 0 bridgehead atoms. The molecule has 0 unspecified atom stereocenters. The minimum Gasteiger partial charge on any atom is -0.461 e. The fourth-order valence-corrected chi connectivity index (χ4v) is 3.95. The molecule has 24 heavy (non-hydrogen) atoms. The zero-order valence-corrected chi connectivity index (χ0v) is 14.8. The molecule has 0 spiro atoms. The predicted octanol–water partition coefficient (Wildman–Crippen LogP) is 2.52. The number of amides is 1. The molecule has 2 N–H and O–H groups in total.